The monoisotopic (exact) mass is 494 g/mol. The summed E-state index contributed by atoms with van der Waals surface area (Å²) in [6.07, 6.45) is 0. The van der Waals surface area contributed by atoms with Crippen LogP contribution in [0.5, 0.6) is 0 Å². The molecule has 1 aliphatic heterocycles. The van der Waals surface area contributed by atoms with Crippen molar-refractivity contribution in [2.45, 2.75) is 11.4 Å². The maximum atomic E-state index is 14.3. The van der Waals surface area contributed by atoms with Gasteiger partial charge in [0.25, 0.3) is 11.8 Å². The minimum Gasteiger partial charge on any atom is -0.348 e. The Morgan fingerprint density at radius 2 is 1.73 bits per heavy atom. The second-order valence-corrected chi connectivity index (χ2v) is 8.66. The van der Waals surface area contributed by atoms with Gasteiger partial charge in [0.1, 0.15) is 23.3 Å². The smallest absolute Gasteiger partial charge is 0.262 e. The van der Waals surface area contributed by atoms with E-state index in [4.69, 9.17) is 11.6 Å². The average Bonchev–Trinajstić information content (AvgIpc) is 2.77. The first-order valence-electron chi connectivity index (χ1n) is 9.70. The number of fused-ring (bicyclic) bond motifs is 1. The van der Waals surface area contributed by atoms with E-state index in [2.05, 4.69) is 5.32 Å². The van der Waals surface area contributed by atoms with Crippen molar-refractivity contribution < 1.29 is 27.2 Å². The molecule has 0 bridgehead atoms. The minimum atomic E-state index is -1.12. The number of hydrogen-bond acceptors (Lipinski definition) is 3. The fraction of sp³-hybridized carbons (Fsp3) is 0.130. The van der Waals surface area contributed by atoms with Gasteiger partial charge >= 0.3 is 0 Å². The van der Waals surface area contributed by atoms with E-state index in [-0.39, 0.29) is 22.7 Å². The summed E-state index contributed by atoms with van der Waals surface area (Å²) in [5.74, 6) is -4.81. The largest absolute Gasteiger partial charge is 0.348 e. The lowest BCUT2D eigenvalue weighted by Crippen LogP contribution is -2.36. The van der Waals surface area contributed by atoms with Crippen LogP contribution in [0, 0.1) is 23.3 Å². The van der Waals surface area contributed by atoms with Gasteiger partial charge in [-0.05, 0) is 30.3 Å². The predicted octanol–water partition coefficient (Wildman–Crippen LogP) is 5.58. The molecule has 1 aliphatic rings. The highest BCUT2D eigenvalue weighted by molar-refractivity contribution is 7.99. The SMILES string of the molecule is O=C(NCc1c(F)cc(F)cc1F)c1ccc2c(c1)N(C(=O)c1c(F)cccc1Cl)CCS2. The van der Waals surface area contributed by atoms with E-state index in [1.54, 1.807) is 6.07 Å². The van der Waals surface area contributed by atoms with E-state index in [9.17, 15) is 27.2 Å². The summed E-state index contributed by atoms with van der Waals surface area (Å²) in [5.41, 5.74) is -0.239. The number of rotatable bonds is 4. The molecule has 0 saturated carbocycles. The van der Waals surface area contributed by atoms with Crippen molar-refractivity contribution in [3.63, 3.8) is 0 Å². The van der Waals surface area contributed by atoms with Gasteiger partial charge in [-0.25, -0.2) is 17.6 Å². The molecule has 0 atom stereocenters. The zero-order valence-electron chi connectivity index (χ0n) is 16.8. The van der Waals surface area contributed by atoms with E-state index < -0.39 is 47.2 Å². The minimum absolute atomic E-state index is 0.0305. The molecule has 1 heterocycles. The van der Waals surface area contributed by atoms with Gasteiger partial charge in [-0.3, -0.25) is 9.59 Å². The van der Waals surface area contributed by atoms with E-state index >= 15 is 0 Å². The number of thioether (sulfide) groups is 1. The van der Waals surface area contributed by atoms with Crippen LogP contribution in [0.15, 0.2) is 53.4 Å². The highest BCUT2D eigenvalue weighted by Crippen LogP contribution is 2.37. The molecule has 0 fully saturated rings. The van der Waals surface area contributed by atoms with Crippen LogP contribution in [0.3, 0.4) is 0 Å². The number of halogens is 5. The molecule has 4 nitrogen and oxygen atoms in total. The van der Waals surface area contributed by atoms with Gasteiger partial charge in [0.2, 0.25) is 0 Å². The molecule has 0 aliphatic carbocycles. The Kier molecular flexibility index (Phi) is 6.62. The summed E-state index contributed by atoms with van der Waals surface area (Å²) < 4.78 is 55.1. The Labute approximate surface area is 195 Å². The van der Waals surface area contributed by atoms with Crippen LogP contribution in [0.1, 0.15) is 26.3 Å². The number of carbonyl (C=O) groups excluding carboxylic acids is 2. The summed E-state index contributed by atoms with van der Waals surface area (Å²) in [7, 11) is 0. The third-order valence-electron chi connectivity index (χ3n) is 5.04. The standard InChI is InChI=1S/C23H15ClF4N2O2S/c24-15-2-1-3-16(26)21(15)23(32)30-6-7-33-20-5-4-12(8-19(20)30)22(31)29-11-14-17(27)9-13(25)10-18(14)28/h1-5,8-10H,6-7,11H2,(H,29,31). The Morgan fingerprint density at radius 1 is 1.00 bits per heavy atom. The van der Waals surface area contributed by atoms with Gasteiger partial charge in [-0.1, -0.05) is 17.7 Å². The van der Waals surface area contributed by atoms with Crippen molar-refractivity contribution in [2.75, 3.05) is 17.2 Å². The molecule has 0 radical (unpaired) electrons. The molecule has 1 N–H and O–H groups in total. The lowest BCUT2D eigenvalue weighted by Gasteiger charge is -2.30. The van der Waals surface area contributed by atoms with Crippen LogP contribution in [0.4, 0.5) is 23.2 Å². The Bertz CT molecular complexity index is 1230. The summed E-state index contributed by atoms with van der Waals surface area (Å²) in [6.45, 7) is -0.242. The van der Waals surface area contributed by atoms with Crippen LogP contribution in [-0.2, 0) is 6.54 Å². The van der Waals surface area contributed by atoms with Crippen LogP contribution >= 0.6 is 23.4 Å². The van der Waals surface area contributed by atoms with Crippen molar-refractivity contribution in [3.05, 3.63) is 93.5 Å². The quantitative estimate of drug-likeness (QED) is 0.482. The summed E-state index contributed by atoms with van der Waals surface area (Å²) in [5, 5.41) is 2.35. The zero-order chi connectivity index (χ0) is 23.7. The molecule has 10 heteroatoms. The molecule has 0 spiro atoms. The average molecular weight is 495 g/mol. The second kappa shape index (κ2) is 9.44. The number of carbonyl (C=O) groups is 2. The Balaban J connectivity index is 1.59. The fourth-order valence-corrected chi connectivity index (χ4v) is 4.64. The molecule has 4 rings (SSSR count). The number of benzene rings is 3. The van der Waals surface area contributed by atoms with Gasteiger partial charge in [0.05, 0.1) is 16.3 Å². The molecule has 3 aromatic rings. The molecule has 33 heavy (non-hydrogen) atoms. The zero-order valence-corrected chi connectivity index (χ0v) is 18.4. The first-order chi connectivity index (χ1) is 15.8. The van der Waals surface area contributed by atoms with Gasteiger partial charge in [0.15, 0.2) is 0 Å². The van der Waals surface area contributed by atoms with Crippen LogP contribution in [0.25, 0.3) is 0 Å². The number of nitrogens with zero attached hydrogens (tertiary/aromatic N) is 1. The molecule has 0 saturated heterocycles. The van der Waals surface area contributed by atoms with E-state index in [0.717, 1.165) is 6.07 Å². The Hall–Kier alpha value is -3.04. The normalized spacial score (nSPS) is 12.9. The molecular weight excluding hydrogens is 480 g/mol. The number of amides is 2. The van der Waals surface area contributed by atoms with Gasteiger partial charge in [-0.2, -0.15) is 0 Å². The van der Waals surface area contributed by atoms with Crippen LogP contribution < -0.4 is 10.2 Å². The Morgan fingerprint density at radius 3 is 2.42 bits per heavy atom. The molecule has 0 unspecified atom stereocenters. The van der Waals surface area contributed by atoms with Crippen molar-refractivity contribution in [3.8, 4) is 0 Å². The fourth-order valence-electron chi connectivity index (χ4n) is 3.42. The lowest BCUT2D eigenvalue weighted by molar-refractivity contribution is 0.0946. The first kappa shape index (κ1) is 23.1. The maximum absolute atomic E-state index is 14.3. The topological polar surface area (TPSA) is 49.4 Å². The second-order valence-electron chi connectivity index (χ2n) is 7.12. The van der Waals surface area contributed by atoms with E-state index in [0.29, 0.717) is 28.5 Å². The lowest BCUT2D eigenvalue weighted by atomic mass is 10.1. The molecule has 170 valence electrons. The molecule has 0 aromatic heterocycles. The highest BCUT2D eigenvalue weighted by atomic mass is 35.5. The third-order valence-corrected chi connectivity index (χ3v) is 6.40. The number of hydrogen-bond donors (Lipinski definition) is 1. The van der Waals surface area contributed by atoms with Crippen molar-refractivity contribution in [2.24, 2.45) is 0 Å². The maximum Gasteiger partial charge on any atom is 0.262 e. The van der Waals surface area contributed by atoms with Gasteiger partial charge < -0.3 is 10.2 Å². The predicted molar refractivity (Wildman–Crippen MR) is 118 cm³/mol. The summed E-state index contributed by atoms with van der Waals surface area (Å²) in [6, 6.07) is 9.57. The van der Waals surface area contributed by atoms with Crippen molar-refractivity contribution in [1.29, 1.82) is 0 Å². The highest BCUT2D eigenvalue weighted by Gasteiger charge is 2.28. The summed E-state index contributed by atoms with van der Waals surface area (Å²) in [4.78, 5) is 27.7. The molecule has 2 amide bonds. The number of anilines is 1. The first-order valence-corrected chi connectivity index (χ1v) is 11.1. The van der Waals surface area contributed by atoms with Crippen LogP contribution in [0.2, 0.25) is 5.02 Å². The van der Waals surface area contributed by atoms with E-state index in [1.807, 2.05) is 0 Å². The third kappa shape index (κ3) is 4.69. The van der Waals surface area contributed by atoms with Crippen molar-refractivity contribution >= 4 is 40.9 Å². The van der Waals surface area contributed by atoms with Crippen LogP contribution in [-0.4, -0.2) is 24.1 Å². The van der Waals surface area contributed by atoms with Crippen molar-refractivity contribution in [1.82, 2.24) is 5.32 Å². The van der Waals surface area contributed by atoms with Gasteiger partial charge in [-0.15, -0.1) is 11.8 Å². The molecular formula is C23H15ClF4N2O2S. The summed E-state index contributed by atoms with van der Waals surface area (Å²) >= 11 is 7.51. The van der Waals surface area contributed by atoms with E-state index in [1.165, 1.54) is 40.9 Å². The molecule has 3 aromatic carbocycles. The van der Waals surface area contributed by atoms with Gasteiger partial charge in [0, 0.05) is 47.0 Å². The number of nitrogens with one attached hydrogen (secondary N) is 1.